The summed E-state index contributed by atoms with van der Waals surface area (Å²) in [7, 11) is 0. The Labute approximate surface area is 139 Å². The summed E-state index contributed by atoms with van der Waals surface area (Å²) < 4.78 is 0. The highest BCUT2D eigenvalue weighted by molar-refractivity contribution is 8.18. The summed E-state index contributed by atoms with van der Waals surface area (Å²) in [6, 6.07) is 6.90. The minimum absolute atomic E-state index is 0.0740. The molecular formula is C15H10N2O4S2. The van der Waals surface area contributed by atoms with Gasteiger partial charge in [-0.15, -0.1) is 11.3 Å². The van der Waals surface area contributed by atoms with Crippen molar-refractivity contribution in [2.24, 2.45) is 0 Å². The van der Waals surface area contributed by atoms with Crippen LogP contribution in [0, 0.1) is 17.0 Å². The number of carbonyl (C=O) groups excluding carboxylic acids is 2. The number of hydrogen-bond donors (Lipinski definition) is 1. The number of thioether (sulfide) groups is 1. The van der Waals surface area contributed by atoms with Gasteiger partial charge in [0.25, 0.3) is 16.8 Å². The first-order valence-electron chi connectivity index (χ1n) is 6.53. The second-order valence-electron chi connectivity index (χ2n) is 4.85. The summed E-state index contributed by atoms with van der Waals surface area (Å²) in [5, 5.41) is 14.7. The Morgan fingerprint density at radius 3 is 2.65 bits per heavy atom. The van der Waals surface area contributed by atoms with E-state index in [0.717, 1.165) is 27.8 Å². The van der Waals surface area contributed by atoms with Crippen LogP contribution in [0.3, 0.4) is 0 Å². The number of nitrogens with zero attached hydrogens (tertiary/aromatic N) is 1. The molecule has 0 saturated carbocycles. The van der Waals surface area contributed by atoms with Gasteiger partial charge in [-0.3, -0.25) is 25.0 Å². The van der Waals surface area contributed by atoms with Crippen LogP contribution in [0.1, 0.15) is 10.4 Å². The largest absolute Gasteiger partial charge is 0.290 e. The molecular weight excluding hydrogens is 336 g/mol. The van der Waals surface area contributed by atoms with Crippen molar-refractivity contribution in [3.63, 3.8) is 0 Å². The molecule has 6 nitrogen and oxygen atoms in total. The highest BCUT2D eigenvalue weighted by Crippen LogP contribution is 2.33. The lowest BCUT2D eigenvalue weighted by molar-refractivity contribution is -0.385. The third kappa shape index (κ3) is 3.17. The molecule has 0 atom stereocenters. The summed E-state index contributed by atoms with van der Waals surface area (Å²) in [6.07, 6.45) is 1.64. The van der Waals surface area contributed by atoms with E-state index in [1.54, 1.807) is 19.1 Å². The Kier molecular flexibility index (Phi) is 4.01. The number of benzene rings is 1. The minimum atomic E-state index is -0.404. The molecule has 0 aliphatic carbocycles. The molecule has 0 radical (unpaired) electrons. The van der Waals surface area contributed by atoms with Crippen LogP contribution in [0.2, 0.25) is 0 Å². The van der Waals surface area contributed by atoms with Crippen LogP contribution in [0.15, 0.2) is 34.6 Å². The van der Waals surface area contributed by atoms with Crippen molar-refractivity contribution in [3.05, 3.63) is 55.1 Å². The first-order valence-corrected chi connectivity index (χ1v) is 8.22. The number of amides is 2. The topological polar surface area (TPSA) is 89.3 Å². The first kappa shape index (κ1) is 15.4. The van der Waals surface area contributed by atoms with Crippen molar-refractivity contribution in [1.82, 2.24) is 5.32 Å². The molecule has 2 aromatic rings. The molecule has 8 heteroatoms. The van der Waals surface area contributed by atoms with E-state index in [0.29, 0.717) is 10.5 Å². The predicted molar refractivity (Wildman–Crippen MR) is 90.3 cm³/mol. The second-order valence-corrected chi connectivity index (χ2v) is 6.81. The zero-order valence-electron chi connectivity index (χ0n) is 11.9. The molecule has 1 aliphatic rings. The van der Waals surface area contributed by atoms with E-state index in [2.05, 4.69) is 5.32 Å². The quantitative estimate of drug-likeness (QED) is 0.516. The highest BCUT2D eigenvalue weighted by atomic mass is 32.2. The molecule has 1 aromatic carbocycles. The molecule has 116 valence electrons. The smallest absolute Gasteiger partial charge is 0.282 e. The van der Waals surface area contributed by atoms with E-state index in [9.17, 15) is 19.7 Å². The molecule has 1 aliphatic heterocycles. The van der Waals surface area contributed by atoms with Gasteiger partial charge < -0.3 is 0 Å². The van der Waals surface area contributed by atoms with Crippen LogP contribution in [-0.4, -0.2) is 16.1 Å². The van der Waals surface area contributed by atoms with Gasteiger partial charge in [-0.25, -0.2) is 0 Å². The summed E-state index contributed by atoms with van der Waals surface area (Å²) in [4.78, 5) is 34.4. The van der Waals surface area contributed by atoms with E-state index in [-0.39, 0.29) is 10.9 Å². The molecule has 2 amide bonds. The zero-order chi connectivity index (χ0) is 16.6. The third-order valence-corrected chi connectivity index (χ3v) is 4.96. The molecule has 1 saturated heterocycles. The Bertz CT molecular complexity index is 870. The van der Waals surface area contributed by atoms with Crippen LogP contribution in [0.4, 0.5) is 10.5 Å². The van der Waals surface area contributed by atoms with Gasteiger partial charge in [-0.1, -0.05) is 12.1 Å². The Morgan fingerprint density at radius 1 is 1.22 bits per heavy atom. The number of nitrogens with one attached hydrogen (secondary N) is 1. The fraction of sp³-hybridized carbons (Fsp3) is 0.0667. The lowest BCUT2D eigenvalue weighted by Crippen LogP contribution is -2.17. The third-order valence-electron chi connectivity index (χ3n) is 3.27. The maximum atomic E-state index is 11.5. The fourth-order valence-corrected chi connectivity index (χ4v) is 3.71. The number of nitro groups is 1. The number of thiophene rings is 1. The standard InChI is InChI=1S/C15H10N2O4S2/c1-8-2-3-9(5-12(8)17(20)21)10-4-11(22-7-10)6-13-14(18)16-15(19)23-13/h2-7H,1H3,(H,16,18,19)/b13-6-. The molecule has 1 fully saturated rings. The van der Waals surface area contributed by atoms with E-state index in [4.69, 9.17) is 0 Å². The van der Waals surface area contributed by atoms with E-state index in [1.165, 1.54) is 17.4 Å². The van der Waals surface area contributed by atoms with Gasteiger partial charge in [-0.2, -0.15) is 0 Å². The average molecular weight is 346 g/mol. The molecule has 1 N–H and O–H groups in total. The van der Waals surface area contributed by atoms with Gasteiger partial charge in [0, 0.05) is 16.5 Å². The van der Waals surface area contributed by atoms with E-state index in [1.807, 2.05) is 17.5 Å². The molecule has 0 unspecified atom stereocenters. The minimum Gasteiger partial charge on any atom is -0.282 e. The molecule has 2 heterocycles. The van der Waals surface area contributed by atoms with Gasteiger partial charge in [0.05, 0.1) is 9.83 Å². The maximum Gasteiger partial charge on any atom is 0.290 e. The van der Waals surface area contributed by atoms with Gasteiger partial charge in [0.15, 0.2) is 0 Å². The van der Waals surface area contributed by atoms with E-state index >= 15 is 0 Å². The normalized spacial score (nSPS) is 16.0. The second kappa shape index (κ2) is 5.98. The summed E-state index contributed by atoms with van der Waals surface area (Å²) in [5.41, 5.74) is 2.25. The van der Waals surface area contributed by atoms with Crippen molar-refractivity contribution < 1.29 is 14.5 Å². The maximum absolute atomic E-state index is 11.5. The average Bonchev–Trinajstić information content (AvgIpc) is 3.06. The molecule has 1 aromatic heterocycles. The van der Waals surface area contributed by atoms with Gasteiger partial charge in [-0.05, 0) is 47.3 Å². The SMILES string of the molecule is Cc1ccc(-c2csc(/C=C3\SC(=O)NC3=O)c2)cc1[N+](=O)[O-]. The lowest BCUT2D eigenvalue weighted by atomic mass is 10.1. The molecule has 0 spiro atoms. The van der Waals surface area contributed by atoms with Gasteiger partial charge >= 0.3 is 0 Å². The monoisotopic (exact) mass is 346 g/mol. The zero-order valence-corrected chi connectivity index (χ0v) is 13.5. The lowest BCUT2D eigenvalue weighted by Gasteiger charge is -2.00. The van der Waals surface area contributed by atoms with Crippen molar-refractivity contribution in [2.75, 3.05) is 0 Å². The van der Waals surface area contributed by atoms with Crippen LogP contribution in [0.5, 0.6) is 0 Å². The Hall–Kier alpha value is -2.45. The summed E-state index contributed by atoms with van der Waals surface area (Å²) in [6.45, 7) is 1.69. The van der Waals surface area contributed by atoms with Crippen LogP contribution >= 0.6 is 23.1 Å². The van der Waals surface area contributed by atoms with Crippen molar-refractivity contribution in [3.8, 4) is 11.1 Å². The summed E-state index contributed by atoms with van der Waals surface area (Å²) in [5.74, 6) is -0.402. The number of nitro benzene ring substituents is 1. The van der Waals surface area contributed by atoms with Crippen molar-refractivity contribution in [1.29, 1.82) is 0 Å². The van der Waals surface area contributed by atoms with Crippen LogP contribution < -0.4 is 5.32 Å². The number of aryl methyl sites for hydroxylation is 1. The van der Waals surface area contributed by atoms with Crippen LogP contribution in [0.25, 0.3) is 17.2 Å². The summed E-state index contributed by atoms with van der Waals surface area (Å²) >= 11 is 2.26. The number of imide groups is 1. The molecule has 3 rings (SSSR count). The predicted octanol–water partition coefficient (Wildman–Crippen LogP) is 3.96. The Balaban J connectivity index is 1.92. The van der Waals surface area contributed by atoms with Crippen molar-refractivity contribution in [2.45, 2.75) is 6.92 Å². The molecule has 23 heavy (non-hydrogen) atoms. The highest BCUT2D eigenvalue weighted by Gasteiger charge is 2.25. The number of rotatable bonds is 3. The van der Waals surface area contributed by atoms with Crippen LogP contribution in [-0.2, 0) is 4.79 Å². The number of carbonyl (C=O) groups is 2. The van der Waals surface area contributed by atoms with Gasteiger partial charge in [0.1, 0.15) is 0 Å². The molecule has 0 bridgehead atoms. The van der Waals surface area contributed by atoms with E-state index < -0.39 is 10.8 Å². The fourth-order valence-electron chi connectivity index (χ4n) is 2.12. The Morgan fingerprint density at radius 2 is 2.00 bits per heavy atom. The number of hydrogen-bond acceptors (Lipinski definition) is 6. The van der Waals surface area contributed by atoms with Gasteiger partial charge in [0.2, 0.25) is 0 Å². The first-order chi connectivity index (χ1) is 10.9. The van der Waals surface area contributed by atoms with Crippen molar-refractivity contribution >= 4 is 46.0 Å².